The fourth-order valence-corrected chi connectivity index (χ4v) is 6.35. The highest BCUT2D eigenvalue weighted by Gasteiger charge is 2.36. The van der Waals surface area contributed by atoms with Crippen LogP contribution in [0.1, 0.15) is 62.6 Å². The largest absolute Gasteiger partial charge is 0.444 e. The van der Waals surface area contributed by atoms with Crippen LogP contribution in [0.4, 0.5) is 10.5 Å². The van der Waals surface area contributed by atoms with Crippen LogP contribution in [0.25, 0.3) is 21.3 Å². The fourth-order valence-electron chi connectivity index (χ4n) is 5.27. The average molecular weight is 505 g/mol. The van der Waals surface area contributed by atoms with Gasteiger partial charge < -0.3 is 19.6 Å². The Morgan fingerprint density at radius 1 is 1.28 bits per heavy atom. The van der Waals surface area contributed by atoms with Crippen molar-refractivity contribution in [3.8, 4) is 17.2 Å². The Morgan fingerprint density at radius 3 is 2.81 bits per heavy atom. The van der Waals surface area contributed by atoms with Crippen LogP contribution in [-0.2, 0) is 11.2 Å². The van der Waals surface area contributed by atoms with Crippen LogP contribution in [0.2, 0.25) is 0 Å². The number of hydrogen-bond acceptors (Lipinski definition) is 7. The van der Waals surface area contributed by atoms with Gasteiger partial charge in [-0.2, -0.15) is 5.26 Å². The highest BCUT2D eigenvalue weighted by atomic mass is 32.1. The van der Waals surface area contributed by atoms with E-state index >= 15 is 0 Å². The highest BCUT2D eigenvalue weighted by molar-refractivity contribution is 7.19. The number of rotatable bonds is 3. The number of aryl methyl sites for hydroxylation is 1. The number of fused-ring (bicyclic) bond motifs is 2. The van der Waals surface area contributed by atoms with Crippen LogP contribution in [0.5, 0.6) is 0 Å². The first-order valence-corrected chi connectivity index (χ1v) is 13.3. The standard InChI is InChI=1S/C28H32N4O3S/c1-17(33)24-14-23-26(36-24)21(7-9-30-23)22-13-18(15-29)12-19-6-5-10-32(25(19)22)20-8-11-31(16-20)27(34)35-28(2,3)4/h7,9,12-14,17,20,33H,5-6,8,10-11,16H2,1-4H3. The van der Waals surface area contributed by atoms with Gasteiger partial charge in [0.25, 0.3) is 0 Å². The lowest BCUT2D eigenvalue weighted by molar-refractivity contribution is 0.0292. The van der Waals surface area contributed by atoms with Crippen LogP contribution in [0.3, 0.4) is 0 Å². The van der Waals surface area contributed by atoms with Gasteiger partial charge in [-0.05, 0) is 76.8 Å². The molecule has 0 aliphatic carbocycles. The van der Waals surface area contributed by atoms with E-state index in [1.54, 1.807) is 24.5 Å². The topological polar surface area (TPSA) is 89.7 Å². The number of carbonyl (C=O) groups is 1. The summed E-state index contributed by atoms with van der Waals surface area (Å²) in [5.41, 5.74) is 5.34. The van der Waals surface area contributed by atoms with E-state index < -0.39 is 11.7 Å². The third-order valence-corrected chi connectivity index (χ3v) is 8.17. The van der Waals surface area contributed by atoms with Gasteiger partial charge in [-0.3, -0.25) is 4.98 Å². The molecule has 3 aromatic rings. The molecule has 1 amide bonds. The number of pyridine rings is 1. The third-order valence-electron chi connectivity index (χ3n) is 6.84. The van der Waals surface area contributed by atoms with Gasteiger partial charge in [0.2, 0.25) is 0 Å². The number of aliphatic hydroxyl groups excluding tert-OH is 1. The first kappa shape index (κ1) is 24.5. The zero-order chi connectivity index (χ0) is 25.6. The minimum absolute atomic E-state index is 0.178. The van der Waals surface area contributed by atoms with E-state index in [0.29, 0.717) is 18.7 Å². The second-order valence-electron chi connectivity index (χ2n) is 10.7. The summed E-state index contributed by atoms with van der Waals surface area (Å²) in [5.74, 6) is 0. The van der Waals surface area contributed by atoms with Crippen molar-refractivity contribution < 1.29 is 14.6 Å². The van der Waals surface area contributed by atoms with Crippen LogP contribution >= 0.6 is 11.3 Å². The molecule has 1 aromatic carbocycles. The maximum atomic E-state index is 12.7. The molecule has 0 bridgehead atoms. The summed E-state index contributed by atoms with van der Waals surface area (Å²) in [7, 11) is 0. The fraction of sp³-hybridized carbons (Fsp3) is 0.464. The van der Waals surface area contributed by atoms with Crippen LogP contribution in [0, 0.1) is 11.3 Å². The number of carbonyl (C=O) groups excluding carboxylic acids is 1. The van der Waals surface area contributed by atoms with Crippen molar-refractivity contribution in [2.75, 3.05) is 24.5 Å². The third kappa shape index (κ3) is 4.65. The van der Waals surface area contributed by atoms with Crippen LogP contribution in [0.15, 0.2) is 30.5 Å². The van der Waals surface area contributed by atoms with Gasteiger partial charge in [0.1, 0.15) is 5.60 Å². The molecule has 0 saturated carbocycles. The molecule has 0 spiro atoms. The van der Waals surface area contributed by atoms with E-state index in [9.17, 15) is 15.2 Å². The lowest BCUT2D eigenvalue weighted by Gasteiger charge is -2.38. The van der Waals surface area contributed by atoms with E-state index in [2.05, 4.69) is 16.0 Å². The first-order valence-electron chi connectivity index (χ1n) is 12.5. The Morgan fingerprint density at radius 2 is 2.08 bits per heavy atom. The number of ether oxygens (including phenoxy) is 1. The van der Waals surface area contributed by atoms with E-state index in [4.69, 9.17) is 4.74 Å². The zero-order valence-corrected chi connectivity index (χ0v) is 22.1. The Balaban J connectivity index is 1.57. The predicted molar refractivity (Wildman–Crippen MR) is 142 cm³/mol. The number of thiophene rings is 1. The molecule has 5 rings (SSSR count). The molecular weight excluding hydrogens is 472 g/mol. The summed E-state index contributed by atoms with van der Waals surface area (Å²) in [6, 6.07) is 10.5. The molecule has 188 valence electrons. The second kappa shape index (κ2) is 9.38. The molecule has 2 aliphatic rings. The molecule has 7 nitrogen and oxygen atoms in total. The van der Waals surface area contributed by atoms with Crippen molar-refractivity contribution in [2.24, 2.45) is 0 Å². The molecule has 2 atom stereocenters. The number of hydrogen-bond donors (Lipinski definition) is 1. The minimum atomic E-state index is -0.565. The number of amides is 1. The van der Waals surface area contributed by atoms with E-state index in [1.165, 1.54) is 5.56 Å². The maximum absolute atomic E-state index is 12.7. The van der Waals surface area contributed by atoms with E-state index in [-0.39, 0.29) is 12.1 Å². The molecule has 1 saturated heterocycles. The van der Waals surface area contributed by atoms with Gasteiger partial charge in [0.15, 0.2) is 0 Å². The number of nitriles is 1. The number of benzene rings is 1. The van der Waals surface area contributed by atoms with E-state index in [1.807, 2.05) is 49.9 Å². The van der Waals surface area contributed by atoms with Gasteiger partial charge in [-0.25, -0.2) is 4.79 Å². The molecule has 1 N–H and O–H groups in total. The SMILES string of the molecule is CC(O)c1cc2nccc(-c3cc(C#N)cc4c3N(C3CCN(C(=O)OC(C)(C)C)C3)CCC4)c2s1. The highest BCUT2D eigenvalue weighted by Crippen LogP contribution is 2.44. The first-order chi connectivity index (χ1) is 17.1. The molecule has 4 heterocycles. The normalized spacial score (nSPS) is 18.7. The second-order valence-corrected chi connectivity index (χ2v) is 11.8. The summed E-state index contributed by atoms with van der Waals surface area (Å²) in [4.78, 5) is 22.4. The number of likely N-dealkylation sites (tertiary alicyclic amines) is 1. The van der Waals surface area contributed by atoms with Crippen molar-refractivity contribution in [3.63, 3.8) is 0 Å². The van der Waals surface area contributed by atoms with Crippen molar-refractivity contribution in [1.29, 1.82) is 5.26 Å². The van der Waals surface area contributed by atoms with Gasteiger partial charge >= 0.3 is 6.09 Å². The van der Waals surface area contributed by atoms with Crippen molar-refractivity contribution >= 4 is 33.3 Å². The Kier molecular flexibility index (Phi) is 6.39. The van der Waals surface area contributed by atoms with Crippen LogP contribution in [-0.4, -0.2) is 52.4 Å². The summed E-state index contributed by atoms with van der Waals surface area (Å²) in [6.45, 7) is 9.62. The van der Waals surface area contributed by atoms with Gasteiger partial charge in [0, 0.05) is 53.6 Å². The van der Waals surface area contributed by atoms with Crippen LogP contribution < -0.4 is 4.90 Å². The van der Waals surface area contributed by atoms with E-state index in [0.717, 1.165) is 57.7 Å². The predicted octanol–water partition coefficient (Wildman–Crippen LogP) is 5.65. The average Bonchev–Trinajstić information content (AvgIpc) is 3.49. The molecule has 2 aliphatic heterocycles. The Bertz CT molecular complexity index is 1350. The molecule has 1 fully saturated rings. The molecule has 0 radical (unpaired) electrons. The summed E-state index contributed by atoms with van der Waals surface area (Å²) in [6.07, 6.45) is 3.76. The lowest BCUT2D eigenvalue weighted by atomic mass is 9.90. The molecule has 36 heavy (non-hydrogen) atoms. The Hall–Kier alpha value is -3.15. The Labute approximate surface area is 215 Å². The number of nitrogens with zero attached hydrogens (tertiary/aromatic N) is 4. The van der Waals surface area contributed by atoms with Gasteiger partial charge in [-0.15, -0.1) is 11.3 Å². The monoisotopic (exact) mass is 504 g/mol. The molecule has 2 unspecified atom stereocenters. The van der Waals surface area contributed by atoms with Crippen molar-refractivity contribution in [2.45, 2.75) is 64.7 Å². The number of aliphatic hydroxyl groups is 1. The smallest absolute Gasteiger partial charge is 0.410 e. The summed E-state index contributed by atoms with van der Waals surface area (Å²) < 4.78 is 6.64. The molecule has 2 aromatic heterocycles. The van der Waals surface area contributed by atoms with Crippen molar-refractivity contribution in [3.05, 3.63) is 46.5 Å². The zero-order valence-electron chi connectivity index (χ0n) is 21.2. The maximum Gasteiger partial charge on any atom is 0.410 e. The van der Waals surface area contributed by atoms with Gasteiger partial charge in [-0.1, -0.05) is 0 Å². The van der Waals surface area contributed by atoms with Crippen molar-refractivity contribution in [1.82, 2.24) is 9.88 Å². The molecule has 8 heteroatoms. The summed E-state index contributed by atoms with van der Waals surface area (Å²) >= 11 is 1.55. The minimum Gasteiger partial charge on any atom is -0.444 e. The summed E-state index contributed by atoms with van der Waals surface area (Å²) in [5, 5.41) is 20.0. The van der Waals surface area contributed by atoms with Gasteiger partial charge in [0.05, 0.1) is 28.0 Å². The molecular formula is C28H32N4O3S. The quantitative estimate of drug-likeness (QED) is 0.496. The lowest BCUT2D eigenvalue weighted by Crippen LogP contribution is -2.43. The number of anilines is 1. The number of aromatic nitrogens is 1.